The van der Waals surface area contributed by atoms with Gasteiger partial charge >= 0.3 is 12.1 Å². The fourth-order valence-corrected chi connectivity index (χ4v) is 2.44. The predicted octanol–water partition coefficient (Wildman–Crippen LogP) is 4.94. The highest BCUT2D eigenvalue weighted by atomic mass is 79.9. The van der Waals surface area contributed by atoms with E-state index in [-0.39, 0.29) is 0 Å². The smallest absolute Gasteiger partial charge is 0.490 e. The van der Waals surface area contributed by atoms with Crippen molar-refractivity contribution < 1.29 is 32.6 Å². The lowest BCUT2D eigenvalue weighted by Crippen LogP contribution is -2.21. The fraction of sp³-hybridized carbons (Fsp3) is 0.562. The maximum Gasteiger partial charge on any atom is 0.490 e. The maximum atomic E-state index is 10.6. The molecule has 5 nitrogen and oxygen atoms in total. The Balaban J connectivity index is 0.000000758. The highest BCUT2D eigenvalue weighted by Gasteiger charge is 2.38. The predicted molar refractivity (Wildman–Crippen MR) is 99.5 cm³/mol. The van der Waals surface area contributed by atoms with Crippen LogP contribution in [0.4, 0.5) is 13.2 Å². The van der Waals surface area contributed by atoms with Crippen molar-refractivity contribution in [3.8, 4) is 5.75 Å². The number of hydrogen-bond donors (Lipinski definition) is 2. The number of nitrogens with two attached hydrogens (primary N) is 1. The maximum absolute atomic E-state index is 10.6. The molecule has 0 aromatic heterocycles. The quantitative estimate of drug-likeness (QED) is 0.266. The van der Waals surface area contributed by atoms with Crippen molar-refractivity contribution in [2.24, 2.45) is 5.90 Å². The zero-order valence-corrected chi connectivity index (χ0v) is 17.2. The first-order valence-electron chi connectivity index (χ1n) is 7.74. The van der Waals surface area contributed by atoms with E-state index >= 15 is 0 Å². The number of aliphatic carboxylic acids is 1. The molecule has 3 N–H and O–H groups in total. The lowest BCUT2D eigenvalue weighted by atomic mass is 10.1. The third kappa shape index (κ3) is 12.5. The van der Waals surface area contributed by atoms with E-state index in [9.17, 15) is 13.2 Å². The normalized spacial score (nSPS) is 10.8. The number of alkyl halides is 5. The minimum Gasteiger partial charge on any atom is -0.494 e. The molecule has 0 aliphatic heterocycles. The summed E-state index contributed by atoms with van der Waals surface area (Å²) in [6.07, 6.45) is -0.725. The Kier molecular flexibility index (Phi) is 13.8. The van der Waals surface area contributed by atoms with Crippen LogP contribution in [0.5, 0.6) is 5.75 Å². The lowest BCUT2D eigenvalue weighted by molar-refractivity contribution is -0.192. The monoisotopic (exact) mass is 507 g/mol. The molecule has 0 spiro atoms. The first-order valence-corrected chi connectivity index (χ1v) is 9.98. The van der Waals surface area contributed by atoms with Crippen LogP contribution in [0.15, 0.2) is 18.2 Å². The molecule has 0 saturated heterocycles. The molecule has 0 unspecified atom stereocenters. The number of rotatable bonds is 10. The van der Waals surface area contributed by atoms with Crippen LogP contribution in [0.1, 0.15) is 36.8 Å². The average molecular weight is 509 g/mol. The molecule has 150 valence electrons. The van der Waals surface area contributed by atoms with E-state index in [1.54, 1.807) is 0 Å². The summed E-state index contributed by atoms with van der Waals surface area (Å²) in [4.78, 5) is 13.4. The Morgan fingerprint density at radius 1 is 1.00 bits per heavy atom. The summed E-state index contributed by atoms with van der Waals surface area (Å²) in [5, 5.41) is 8.83. The van der Waals surface area contributed by atoms with Crippen molar-refractivity contribution in [3.63, 3.8) is 0 Å². The van der Waals surface area contributed by atoms with E-state index in [0.29, 0.717) is 6.61 Å². The molecule has 0 bridgehead atoms. The van der Waals surface area contributed by atoms with E-state index in [1.807, 2.05) is 0 Å². The second kappa shape index (κ2) is 14.2. The zero-order valence-electron chi connectivity index (χ0n) is 14.0. The third-order valence-corrected chi connectivity index (χ3v) is 4.30. The highest BCUT2D eigenvalue weighted by Crippen LogP contribution is 2.21. The second-order valence-corrected chi connectivity index (χ2v) is 6.31. The zero-order chi connectivity index (χ0) is 20.0. The van der Waals surface area contributed by atoms with Crippen LogP contribution in [0, 0.1) is 0 Å². The number of hydrogen-bond acceptors (Lipinski definition) is 4. The Morgan fingerprint density at radius 2 is 1.46 bits per heavy atom. The van der Waals surface area contributed by atoms with Gasteiger partial charge in [0.1, 0.15) is 5.75 Å². The molecule has 0 fully saturated rings. The van der Waals surface area contributed by atoms with Crippen LogP contribution in [-0.4, -0.2) is 30.5 Å². The first kappa shape index (κ1) is 25.2. The number of unbranched alkanes of at least 4 members (excludes halogenated alkanes) is 3. The molecule has 10 heteroatoms. The summed E-state index contributed by atoms with van der Waals surface area (Å²) in [5.74, 6) is 3.17. The van der Waals surface area contributed by atoms with Crippen molar-refractivity contribution in [1.29, 1.82) is 0 Å². The van der Waals surface area contributed by atoms with E-state index in [2.05, 4.69) is 54.9 Å². The Hall–Kier alpha value is -0.840. The van der Waals surface area contributed by atoms with Gasteiger partial charge in [-0.15, -0.1) is 0 Å². The molecule has 0 radical (unpaired) electrons. The van der Waals surface area contributed by atoms with Gasteiger partial charge in [0.15, 0.2) is 0 Å². The Labute approximate surface area is 167 Å². The molecule has 0 atom stereocenters. The minimum absolute atomic E-state index is 0.642. The van der Waals surface area contributed by atoms with Gasteiger partial charge in [-0.25, -0.2) is 10.7 Å². The van der Waals surface area contributed by atoms with Gasteiger partial charge in [-0.1, -0.05) is 44.3 Å². The van der Waals surface area contributed by atoms with Crippen molar-refractivity contribution in [1.82, 2.24) is 0 Å². The van der Waals surface area contributed by atoms with Gasteiger partial charge in [-0.3, -0.25) is 0 Å². The molecule has 0 saturated carbocycles. The summed E-state index contributed by atoms with van der Waals surface area (Å²) >= 11 is 6.96. The highest BCUT2D eigenvalue weighted by molar-refractivity contribution is 9.08. The van der Waals surface area contributed by atoms with E-state index in [1.165, 1.54) is 11.1 Å². The first-order chi connectivity index (χ1) is 12.2. The molecule has 0 heterocycles. The number of benzene rings is 1. The van der Waals surface area contributed by atoms with Crippen molar-refractivity contribution in [3.05, 3.63) is 29.3 Å². The van der Waals surface area contributed by atoms with Gasteiger partial charge in [0.05, 0.1) is 13.2 Å². The third-order valence-electron chi connectivity index (χ3n) is 3.00. The van der Waals surface area contributed by atoms with Crippen molar-refractivity contribution in [2.75, 3.05) is 13.2 Å². The van der Waals surface area contributed by atoms with Crippen LogP contribution in [0.3, 0.4) is 0 Å². The van der Waals surface area contributed by atoms with Crippen molar-refractivity contribution in [2.45, 2.75) is 42.5 Å². The standard InChI is InChI=1S/C14H21Br2NO2.C2HF3O2/c15-10-12-7-13(11-16)9-14(8-12)18-5-3-1-2-4-6-19-17;3-2(4,5)1(6)7/h7-9H,1-6,10-11,17H2;(H,6,7). The van der Waals surface area contributed by atoms with Gasteiger partial charge in [0.2, 0.25) is 0 Å². The summed E-state index contributed by atoms with van der Waals surface area (Å²) in [7, 11) is 0. The molecule has 0 aliphatic rings. The molecule has 1 aromatic rings. The van der Waals surface area contributed by atoms with Gasteiger partial charge in [0, 0.05) is 10.7 Å². The largest absolute Gasteiger partial charge is 0.494 e. The molecular weight excluding hydrogens is 487 g/mol. The number of carbonyl (C=O) groups is 1. The SMILES string of the molecule is NOCCCCCCOc1cc(CBr)cc(CBr)c1.O=C(O)C(F)(F)F. The van der Waals surface area contributed by atoms with E-state index < -0.39 is 12.1 Å². The Morgan fingerprint density at radius 3 is 1.85 bits per heavy atom. The lowest BCUT2D eigenvalue weighted by Gasteiger charge is -2.09. The van der Waals surface area contributed by atoms with Gasteiger partial charge in [0.25, 0.3) is 0 Å². The summed E-state index contributed by atoms with van der Waals surface area (Å²) in [6.45, 7) is 1.40. The number of carboxylic acids is 1. The van der Waals surface area contributed by atoms with Crippen LogP contribution >= 0.6 is 31.9 Å². The molecule has 0 amide bonds. The minimum atomic E-state index is -5.08. The summed E-state index contributed by atoms with van der Waals surface area (Å²) < 4.78 is 37.5. The summed E-state index contributed by atoms with van der Waals surface area (Å²) in [6, 6.07) is 6.34. The second-order valence-electron chi connectivity index (χ2n) is 5.19. The van der Waals surface area contributed by atoms with Crippen LogP contribution in [-0.2, 0) is 20.3 Å². The Bertz CT molecular complexity index is 508. The van der Waals surface area contributed by atoms with Gasteiger partial charge in [-0.2, -0.15) is 13.2 Å². The number of ether oxygens (including phenoxy) is 1. The van der Waals surface area contributed by atoms with Crippen molar-refractivity contribution >= 4 is 37.8 Å². The van der Waals surface area contributed by atoms with Crippen LogP contribution in [0.2, 0.25) is 0 Å². The topological polar surface area (TPSA) is 81.8 Å². The number of carboxylic acid groups (broad SMARTS) is 1. The summed E-state index contributed by atoms with van der Waals surface area (Å²) in [5.41, 5.74) is 2.49. The van der Waals surface area contributed by atoms with E-state index in [4.69, 9.17) is 20.5 Å². The van der Waals surface area contributed by atoms with E-state index in [0.717, 1.165) is 48.7 Å². The molecular formula is C16H22Br2F3NO4. The molecule has 1 rings (SSSR count). The molecule has 26 heavy (non-hydrogen) atoms. The van der Waals surface area contributed by atoms with Crippen LogP contribution in [0.25, 0.3) is 0 Å². The number of halogens is 5. The van der Waals surface area contributed by atoms with Gasteiger partial charge < -0.3 is 14.7 Å². The molecule has 1 aromatic carbocycles. The van der Waals surface area contributed by atoms with Gasteiger partial charge in [-0.05, 0) is 42.5 Å². The molecule has 0 aliphatic carbocycles. The fourth-order valence-electron chi connectivity index (χ4n) is 1.80. The average Bonchev–Trinajstić information content (AvgIpc) is 2.60. The van der Waals surface area contributed by atoms with Crippen LogP contribution < -0.4 is 10.6 Å².